The molecular weight excluding hydrogens is 320 g/mol. The molecule has 25 heavy (non-hydrogen) atoms. The quantitative estimate of drug-likeness (QED) is 0.769. The fourth-order valence-corrected chi connectivity index (χ4v) is 3.43. The van der Waals surface area contributed by atoms with Gasteiger partial charge in [-0.1, -0.05) is 0 Å². The summed E-state index contributed by atoms with van der Waals surface area (Å²) in [7, 11) is 1.61. The number of aromatic nitrogens is 3. The van der Waals surface area contributed by atoms with Gasteiger partial charge in [0.1, 0.15) is 16.8 Å². The molecule has 1 saturated heterocycles. The van der Waals surface area contributed by atoms with E-state index in [1.165, 1.54) is 0 Å². The van der Waals surface area contributed by atoms with Crippen LogP contribution in [0.3, 0.4) is 0 Å². The van der Waals surface area contributed by atoms with Crippen molar-refractivity contribution in [3.05, 3.63) is 34.9 Å². The minimum Gasteiger partial charge on any atom is -0.497 e. The standard InChI is InChI=1S/C18H20N4O3/c1-25-12-5-6-13-14(10-12)20-17-16(13)19-11-22(18(17)24)9-3-8-21-7-2-4-15(21)23/h5-6,10-11,20H,2-4,7-9H2,1H3. The molecule has 1 aliphatic rings. The zero-order chi connectivity index (χ0) is 17.4. The first-order valence-corrected chi connectivity index (χ1v) is 8.50. The van der Waals surface area contributed by atoms with Crippen molar-refractivity contribution in [1.29, 1.82) is 0 Å². The molecule has 1 aromatic carbocycles. The first-order valence-electron chi connectivity index (χ1n) is 8.50. The van der Waals surface area contributed by atoms with Crippen LogP contribution in [0.5, 0.6) is 5.75 Å². The summed E-state index contributed by atoms with van der Waals surface area (Å²) in [6.45, 7) is 2.06. The monoisotopic (exact) mass is 340 g/mol. The Labute approximate surface area is 144 Å². The number of rotatable bonds is 5. The summed E-state index contributed by atoms with van der Waals surface area (Å²) in [4.78, 5) is 33.9. The molecule has 7 heteroatoms. The van der Waals surface area contributed by atoms with Crippen LogP contribution in [0.4, 0.5) is 0 Å². The number of carbonyl (C=O) groups excluding carboxylic acids is 1. The molecule has 1 amide bonds. The number of benzene rings is 1. The van der Waals surface area contributed by atoms with E-state index in [9.17, 15) is 9.59 Å². The van der Waals surface area contributed by atoms with E-state index < -0.39 is 0 Å². The van der Waals surface area contributed by atoms with Gasteiger partial charge in [-0.2, -0.15) is 0 Å². The number of methoxy groups -OCH3 is 1. The van der Waals surface area contributed by atoms with Gasteiger partial charge in [0.2, 0.25) is 5.91 Å². The molecule has 0 spiro atoms. The van der Waals surface area contributed by atoms with Gasteiger partial charge in [0.15, 0.2) is 0 Å². The van der Waals surface area contributed by atoms with Crippen LogP contribution in [0.15, 0.2) is 29.3 Å². The summed E-state index contributed by atoms with van der Waals surface area (Å²) in [5.41, 5.74) is 1.92. The Bertz CT molecular complexity index is 1000. The second-order valence-corrected chi connectivity index (χ2v) is 6.34. The Morgan fingerprint density at radius 1 is 1.28 bits per heavy atom. The van der Waals surface area contributed by atoms with Gasteiger partial charge in [0.05, 0.1) is 19.0 Å². The highest BCUT2D eigenvalue weighted by Gasteiger charge is 2.19. The largest absolute Gasteiger partial charge is 0.497 e. The number of hydrogen-bond acceptors (Lipinski definition) is 4. The predicted octanol–water partition coefficient (Wildman–Crippen LogP) is 1.90. The maximum atomic E-state index is 12.7. The van der Waals surface area contributed by atoms with Gasteiger partial charge in [-0.05, 0) is 25.0 Å². The number of likely N-dealkylation sites (tertiary alicyclic amines) is 1. The van der Waals surface area contributed by atoms with Crippen LogP contribution in [0, 0.1) is 0 Å². The van der Waals surface area contributed by atoms with E-state index in [1.807, 2.05) is 23.1 Å². The van der Waals surface area contributed by atoms with Gasteiger partial charge in [0.25, 0.3) is 5.56 Å². The van der Waals surface area contributed by atoms with E-state index >= 15 is 0 Å². The van der Waals surface area contributed by atoms with Gasteiger partial charge < -0.3 is 14.6 Å². The average molecular weight is 340 g/mol. The van der Waals surface area contributed by atoms with Crippen molar-refractivity contribution in [2.45, 2.75) is 25.8 Å². The minimum atomic E-state index is -0.0899. The Balaban J connectivity index is 1.60. The number of nitrogens with zero attached hydrogens (tertiary/aromatic N) is 3. The topological polar surface area (TPSA) is 80.2 Å². The van der Waals surface area contributed by atoms with Gasteiger partial charge in [-0.3, -0.25) is 14.2 Å². The summed E-state index contributed by atoms with van der Waals surface area (Å²) in [5.74, 6) is 0.945. The fourth-order valence-electron chi connectivity index (χ4n) is 3.43. The van der Waals surface area contributed by atoms with Crippen molar-refractivity contribution in [1.82, 2.24) is 19.4 Å². The highest BCUT2D eigenvalue weighted by Crippen LogP contribution is 2.25. The molecule has 130 valence electrons. The molecule has 1 fully saturated rings. The molecule has 0 aliphatic carbocycles. The van der Waals surface area contributed by atoms with Crippen LogP contribution in [0.25, 0.3) is 21.9 Å². The first-order chi connectivity index (χ1) is 12.2. The van der Waals surface area contributed by atoms with Crippen molar-refractivity contribution in [2.24, 2.45) is 0 Å². The van der Waals surface area contributed by atoms with Gasteiger partial charge in [0, 0.05) is 37.5 Å². The second kappa shape index (κ2) is 6.23. The highest BCUT2D eigenvalue weighted by molar-refractivity contribution is 6.04. The molecule has 0 unspecified atom stereocenters. The van der Waals surface area contributed by atoms with Crippen LogP contribution in [-0.4, -0.2) is 45.5 Å². The van der Waals surface area contributed by atoms with E-state index in [0.717, 1.165) is 36.0 Å². The lowest BCUT2D eigenvalue weighted by molar-refractivity contribution is -0.127. The molecule has 0 radical (unpaired) electrons. The van der Waals surface area contributed by atoms with E-state index in [-0.39, 0.29) is 11.5 Å². The van der Waals surface area contributed by atoms with Crippen LogP contribution < -0.4 is 10.3 Å². The zero-order valence-electron chi connectivity index (χ0n) is 14.1. The number of aromatic amines is 1. The number of ether oxygens (including phenoxy) is 1. The third-order valence-corrected chi connectivity index (χ3v) is 4.78. The Kier molecular flexibility index (Phi) is 3.91. The first kappa shape index (κ1) is 15.7. The highest BCUT2D eigenvalue weighted by atomic mass is 16.5. The molecule has 3 aromatic rings. The summed E-state index contributed by atoms with van der Waals surface area (Å²) in [6, 6.07) is 5.62. The molecule has 2 aromatic heterocycles. The summed E-state index contributed by atoms with van der Waals surface area (Å²) in [5, 5.41) is 0.905. The number of carbonyl (C=O) groups is 1. The summed E-state index contributed by atoms with van der Waals surface area (Å²) >= 11 is 0. The van der Waals surface area contributed by atoms with Gasteiger partial charge >= 0.3 is 0 Å². The normalized spacial score (nSPS) is 14.8. The van der Waals surface area contributed by atoms with E-state index in [0.29, 0.717) is 30.5 Å². The molecule has 1 aliphatic heterocycles. The Morgan fingerprint density at radius 3 is 2.92 bits per heavy atom. The average Bonchev–Trinajstić information content (AvgIpc) is 3.20. The maximum absolute atomic E-state index is 12.7. The molecule has 4 rings (SSSR count). The lowest BCUT2D eigenvalue weighted by Gasteiger charge is -2.15. The third kappa shape index (κ3) is 2.75. The molecule has 0 saturated carbocycles. The van der Waals surface area contributed by atoms with Crippen molar-refractivity contribution in [2.75, 3.05) is 20.2 Å². The number of amides is 1. The van der Waals surface area contributed by atoms with E-state index in [1.54, 1.807) is 18.0 Å². The Hall–Kier alpha value is -2.83. The molecule has 3 heterocycles. The van der Waals surface area contributed by atoms with Crippen LogP contribution >= 0.6 is 0 Å². The fraction of sp³-hybridized carbons (Fsp3) is 0.389. The number of hydrogen-bond donors (Lipinski definition) is 1. The number of H-pyrrole nitrogens is 1. The van der Waals surface area contributed by atoms with Crippen LogP contribution in [0.2, 0.25) is 0 Å². The van der Waals surface area contributed by atoms with Crippen molar-refractivity contribution < 1.29 is 9.53 Å². The van der Waals surface area contributed by atoms with Crippen LogP contribution in [-0.2, 0) is 11.3 Å². The molecule has 0 bridgehead atoms. The Morgan fingerprint density at radius 2 is 2.16 bits per heavy atom. The molecule has 1 N–H and O–H groups in total. The van der Waals surface area contributed by atoms with Crippen molar-refractivity contribution >= 4 is 27.8 Å². The summed E-state index contributed by atoms with van der Waals surface area (Å²) < 4.78 is 6.83. The maximum Gasteiger partial charge on any atom is 0.277 e. The van der Waals surface area contributed by atoms with E-state index in [4.69, 9.17) is 4.74 Å². The number of nitrogens with one attached hydrogen (secondary N) is 1. The van der Waals surface area contributed by atoms with Crippen molar-refractivity contribution in [3.63, 3.8) is 0 Å². The molecule has 7 nitrogen and oxygen atoms in total. The minimum absolute atomic E-state index is 0.0899. The molecule has 0 atom stereocenters. The predicted molar refractivity (Wildman–Crippen MR) is 94.8 cm³/mol. The lowest BCUT2D eigenvalue weighted by Crippen LogP contribution is -2.28. The zero-order valence-corrected chi connectivity index (χ0v) is 14.1. The smallest absolute Gasteiger partial charge is 0.277 e. The van der Waals surface area contributed by atoms with Gasteiger partial charge in [-0.15, -0.1) is 0 Å². The second-order valence-electron chi connectivity index (χ2n) is 6.34. The van der Waals surface area contributed by atoms with Crippen molar-refractivity contribution in [3.8, 4) is 5.75 Å². The van der Waals surface area contributed by atoms with Crippen LogP contribution in [0.1, 0.15) is 19.3 Å². The number of fused-ring (bicyclic) bond motifs is 3. The lowest BCUT2D eigenvalue weighted by atomic mass is 10.2. The summed E-state index contributed by atoms with van der Waals surface area (Å²) in [6.07, 6.45) is 3.91. The van der Waals surface area contributed by atoms with Gasteiger partial charge in [-0.25, -0.2) is 4.98 Å². The molecular formula is C18H20N4O3. The number of aryl methyl sites for hydroxylation is 1. The third-order valence-electron chi connectivity index (χ3n) is 4.78. The van der Waals surface area contributed by atoms with E-state index in [2.05, 4.69) is 9.97 Å². The SMILES string of the molecule is COc1ccc2c(c1)[nH]c1c(=O)n(CCCN3CCCC3=O)cnc12.